The van der Waals surface area contributed by atoms with E-state index in [4.69, 9.17) is 11.6 Å². The molecule has 1 N–H and O–H groups in total. The first-order chi connectivity index (χ1) is 15.3. The molecule has 0 saturated heterocycles. The van der Waals surface area contributed by atoms with Gasteiger partial charge in [-0.15, -0.1) is 0 Å². The van der Waals surface area contributed by atoms with E-state index in [2.05, 4.69) is 10.4 Å². The minimum Gasteiger partial charge on any atom is -0.306 e. The average molecular weight is 444 g/mol. The van der Waals surface area contributed by atoms with Crippen LogP contribution in [0.4, 0.5) is 5.82 Å². The van der Waals surface area contributed by atoms with Crippen LogP contribution in [0.1, 0.15) is 27.2 Å². The molecule has 4 aromatic rings. The summed E-state index contributed by atoms with van der Waals surface area (Å²) in [6.07, 6.45) is 0. The lowest BCUT2D eigenvalue weighted by Crippen LogP contribution is -2.25. The number of benzene rings is 3. The van der Waals surface area contributed by atoms with Crippen molar-refractivity contribution in [2.75, 3.05) is 5.32 Å². The lowest BCUT2D eigenvalue weighted by Gasteiger charge is -2.19. The van der Waals surface area contributed by atoms with Crippen LogP contribution in [0.2, 0.25) is 5.02 Å². The normalized spacial score (nSPS) is 10.8. The number of carbonyl (C=O) groups is 1. The summed E-state index contributed by atoms with van der Waals surface area (Å²) < 4.78 is 1.60. The van der Waals surface area contributed by atoms with Gasteiger partial charge < -0.3 is 5.32 Å². The van der Waals surface area contributed by atoms with E-state index in [-0.39, 0.29) is 5.43 Å². The minimum atomic E-state index is -0.421. The molecule has 0 aliphatic rings. The van der Waals surface area contributed by atoms with E-state index in [9.17, 15) is 9.59 Å². The maximum absolute atomic E-state index is 13.2. The van der Waals surface area contributed by atoms with Crippen molar-refractivity contribution >= 4 is 23.3 Å². The van der Waals surface area contributed by atoms with Crippen LogP contribution >= 0.6 is 11.6 Å². The molecular weight excluding hydrogens is 422 g/mol. The highest BCUT2D eigenvalue weighted by molar-refractivity contribution is 6.34. The molecule has 3 aromatic carbocycles. The molecule has 0 radical (unpaired) electrons. The minimum absolute atomic E-state index is 0.244. The van der Waals surface area contributed by atoms with Gasteiger partial charge in [0.1, 0.15) is 11.5 Å². The van der Waals surface area contributed by atoms with E-state index in [0.29, 0.717) is 33.2 Å². The Labute approximate surface area is 191 Å². The zero-order chi connectivity index (χ0) is 22.8. The van der Waals surface area contributed by atoms with Crippen LogP contribution in [0.3, 0.4) is 0 Å². The molecular formula is C26H22ClN3O2. The lowest BCUT2D eigenvalue weighted by atomic mass is 10.0. The quantitative estimate of drug-likeness (QED) is 0.438. The molecule has 5 nitrogen and oxygen atoms in total. The Hall–Kier alpha value is -3.70. The SMILES string of the molecule is Cc1ccc(-c2c(NC(=O)c3ccccc3Cl)n(-c3ccc(C)cc3)nc(C)c2=O)cc1. The van der Waals surface area contributed by atoms with Gasteiger partial charge in [0.05, 0.1) is 21.8 Å². The predicted octanol–water partition coefficient (Wildman–Crippen LogP) is 5.73. The molecule has 1 heterocycles. The fraction of sp³-hybridized carbons (Fsp3) is 0.115. The second-order valence-corrected chi connectivity index (χ2v) is 8.09. The van der Waals surface area contributed by atoms with Gasteiger partial charge in [0.25, 0.3) is 5.91 Å². The number of nitrogens with zero attached hydrogens (tertiary/aromatic N) is 2. The van der Waals surface area contributed by atoms with Gasteiger partial charge in [0, 0.05) is 0 Å². The number of amides is 1. The lowest BCUT2D eigenvalue weighted by molar-refractivity contribution is 0.102. The van der Waals surface area contributed by atoms with Gasteiger partial charge in [-0.3, -0.25) is 9.59 Å². The van der Waals surface area contributed by atoms with Crippen molar-refractivity contribution < 1.29 is 4.79 Å². The number of rotatable bonds is 4. The highest BCUT2D eigenvalue weighted by Crippen LogP contribution is 2.28. The molecule has 0 aliphatic heterocycles. The molecule has 160 valence electrons. The van der Waals surface area contributed by atoms with Gasteiger partial charge in [-0.1, -0.05) is 71.3 Å². The number of halogens is 1. The summed E-state index contributed by atoms with van der Waals surface area (Å²) >= 11 is 6.25. The van der Waals surface area contributed by atoms with Crippen molar-refractivity contribution in [3.05, 3.63) is 110 Å². The summed E-state index contributed by atoms with van der Waals surface area (Å²) in [6, 6.07) is 22.1. The van der Waals surface area contributed by atoms with Gasteiger partial charge in [-0.05, 0) is 50.6 Å². The van der Waals surface area contributed by atoms with E-state index in [1.54, 1.807) is 35.9 Å². The molecule has 0 spiro atoms. The van der Waals surface area contributed by atoms with Crippen molar-refractivity contribution in [3.8, 4) is 16.8 Å². The van der Waals surface area contributed by atoms with Crippen molar-refractivity contribution in [2.24, 2.45) is 0 Å². The third kappa shape index (κ3) is 4.20. The first-order valence-corrected chi connectivity index (χ1v) is 10.6. The predicted molar refractivity (Wildman–Crippen MR) is 129 cm³/mol. The van der Waals surface area contributed by atoms with Crippen molar-refractivity contribution in [3.63, 3.8) is 0 Å². The number of carbonyl (C=O) groups excluding carboxylic acids is 1. The van der Waals surface area contributed by atoms with Gasteiger partial charge in [-0.25, -0.2) is 4.68 Å². The Morgan fingerprint density at radius 3 is 2.09 bits per heavy atom. The van der Waals surface area contributed by atoms with Gasteiger partial charge >= 0.3 is 0 Å². The van der Waals surface area contributed by atoms with E-state index in [0.717, 1.165) is 16.8 Å². The third-order valence-corrected chi connectivity index (χ3v) is 5.55. The molecule has 0 atom stereocenters. The molecule has 1 aromatic heterocycles. The maximum atomic E-state index is 13.2. The Kier molecular flexibility index (Phi) is 5.93. The van der Waals surface area contributed by atoms with Crippen LogP contribution in [-0.2, 0) is 0 Å². The highest BCUT2D eigenvalue weighted by atomic mass is 35.5. The summed E-state index contributed by atoms with van der Waals surface area (Å²) in [5, 5.41) is 7.73. The number of aryl methyl sites for hydroxylation is 3. The molecule has 0 fully saturated rings. The van der Waals surface area contributed by atoms with Crippen LogP contribution < -0.4 is 10.7 Å². The number of aromatic nitrogens is 2. The van der Waals surface area contributed by atoms with E-state index in [1.165, 1.54) is 0 Å². The molecule has 0 bridgehead atoms. The van der Waals surface area contributed by atoms with Crippen LogP contribution in [0.25, 0.3) is 16.8 Å². The smallest absolute Gasteiger partial charge is 0.258 e. The van der Waals surface area contributed by atoms with E-state index >= 15 is 0 Å². The fourth-order valence-electron chi connectivity index (χ4n) is 3.44. The summed E-state index contributed by atoms with van der Waals surface area (Å²) in [6.45, 7) is 5.64. The van der Waals surface area contributed by atoms with Gasteiger partial charge in [0.15, 0.2) is 0 Å². The van der Waals surface area contributed by atoms with Crippen molar-refractivity contribution in [2.45, 2.75) is 20.8 Å². The van der Waals surface area contributed by atoms with Crippen LogP contribution in [-0.4, -0.2) is 15.7 Å². The summed E-state index contributed by atoms with van der Waals surface area (Å²) in [7, 11) is 0. The number of hydrogen-bond acceptors (Lipinski definition) is 3. The Bertz CT molecular complexity index is 1360. The number of nitrogens with one attached hydrogen (secondary N) is 1. The molecule has 4 rings (SSSR count). The van der Waals surface area contributed by atoms with E-state index in [1.807, 2.05) is 62.4 Å². The monoisotopic (exact) mass is 443 g/mol. The largest absolute Gasteiger partial charge is 0.306 e. The summed E-state index contributed by atoms with van der Waals surface area (Å²) in [5.41, 5.74) is 4.35. The topological polar surface area (TPSA) is 64.0 Å². The van der Waals surface area contributed by atoms with E-state index < -0.39 is 5.91 Å². The standard InChI is InChI=1S/C26H22ClN3O2/c1-16-8-12-19(13-9-16)23-24(31)18(3)29-30(20-14-10-17(2)11-15-20)25(23)28-26(32)21-6-4-5-7-22(21)27/h4-15H,1-3H3,(H,28,32). The van der Waals surface area contributed by atoms with Crippen LogP contribution in [0, 0.1) is 20.8 Å². The first kappa shape index (κ1) is 21.5. The maximum Gasteiger partial charge on any atom is 0.258 e. The van der Waals surface area contributed by atoms with Crippen LogP contribution in [0.15, 0.2) is 77.6 Å². The first-order valence-electron chi connectivity index (χ1n) is 10.2. The van der Waals surface area contributed by atoms with Crippen molar-refractivity contribution in [1.82, 2.24) is 9.78 Å². The number of hydrogen-bond donors (Lipinski definition) is 1. The average Bonchev–Trinajstić information content (AvgIpc) is 2.78. The van der Waals surface area contributed by atoms with Gasteiger partial charge in [0.2, 0.25) is 5.43 Å². The molecule has 0 aliphatic carbocycles. The molecule has 0 saturated carbocycles. The Morgan fingerprint density at radius 1 is 0.875 bits per heavy atom. The van der Waals surface area contributed by atoms with Gasteiger partial charge in [-0.2, -0.15) is 5.10 Å². The zero-order valence-electron chi connectivity index (χ0n) is 18.0. The molecule has 0 unspecified atom stereocenters. The molecule has 1 amide bonds. The van der Waals surface area contributed by atoms with Crippen molar-refractivity contribution in [1.29, 1.82) is 0 Å². The molecule has 32 heavy (non-hydrogen) atoms. The van der Waals surface area contributed by atoms with Crippen LogP contribution in [0.5, 0.6) is 0 Å². The fourth-order valence-corrected chi connectivity index (χ4v) is 3.66. The molecule has 6 heteroatoms. The number of anilines is 1. The third-order valence-electron chi connectivity index (χ3n) is 5.22. The summed E-state index contributed by atoms with van der Waals surface area (Å²) in [4.78, 5) is 26.4. The highest BCUT2D eigenvalue weighted by Gasteiger charge is 2.21. The Balaban J connectivity index is 1.97. The summed E-state index contributed by atoms with van der Waals surface area (Å²) in [5.74, 6) is -0.131. The zero-order valence-corrected chi connectivity index (χ0v) is 18.8. The Morgan fingerprint density at radius 2 is 1.47 bits per heavy atom. The second-order valence-electron chi connectivity index (χ2n) is 7.69. The second kappa shape index (κ2) is 8.81.